The Hall–Kier alpha value is -3.07. The lowest BCUT2D eigenvalue weighted by molar-refractivity contribution is 0.101. The van der Waals surface area contributed by atoms with Crippen molar-refractivity contribution in [3.05, 3.63) is 53.1 Å². The van der Waals surface area contributed by atoms with Crippen LogP contribution in [-0.4, -0.2) is 41.2 Å². The number of hydrogen-bond acceptors (Lipinski definition) is 6. The molecule has 0 spiro atoms. The van der Waals surface area contributed by atoms with Gasteiger partial charge in [0, 0.05) is 13.0 Å². The lowest BCUT2D eigenvalue weighted by Crippen LogP contribution is -2.19. The Morgan fingerprint density at radius 3 is 2.69 bits per heavy atom. The Labute approximate surface area is 150 Å². The molecule has 3 N–H and O–H groups in total. The van der Waals surface area contributed by atoms with Crippen molar-refractivity contribution in [3.8, 4) is 0 Å². The number of nitrogens with zero attached hydrogens (tertiary/aromatic N) is 5. The topological polar surface area (TPSA) is 122 Å². The predicted octanol–water partition coefficient (Wildman–Crippen LogP) is 1.53. The van der Waals surface area contributed by atoms with Gasteiger partial charge in [-0.15, -0.1) is 5.10 Å². The van der Waals surface area contributed by atoms with E-state index < -0.39 is 0 Å². The van der Waals surface area contributed by atoms with Gasteiger partial charge in [0.15, 0.2) is 0 Å². The van der Waals surface area contributed by atoms with Crippen molar-refractivity contribution >= 4 is 11.9 Å². The van der Waals surface area contributed by atoms with E-state index in [-0.39, 0.29) is 18.5 Å². The summed E-state index contributed by atoms with van der Waals surface area (Å²) in [6.45, 7) is 2.63. The maximum absolute atomic E-state index is 12.6. The highest BCUT2D eigenvalue weighted by Crippen LogP contribution is 2.15. The number of anilines is 1. The maximum atomic E-state index is 12.6. The first-order valence-electron chi connectivity index (χ1n) is 8.49. The van der Waals surface area contributed by atoms with E-state index in [0.717, 1.165) is 36.2 Å². The van der Waals surface area contributed by atoms with Crippen molar-refractivity contribution in [2.45, 2.75) is 39.3 Å². The van der Waals surface area contributed by atoms with Gasteiger partial charge in [-0.25, -0.2) is 4.98 Å². The average Bonchev–Trinajstić information content (AvgIpc) is 3.30. The molecule has 0 unspecified atom stereocenters. The molecule has 3 rings (SSSR count). The minimum Gasteiger partial charge on any atom is -0.392 e. The molecular weight excluding hydrogens is 334 g/mol. The summed E-state index contributed by atoms with van der Waals surface area (Å²) in [5, 5.41) is 25.0. The summed E-state index contributed by atoms with van der Waals surface area (Å²) in [5.74, 6) is 0.634. The molecule has 0 saturated carbocycles. The number of imidazole rings is 1. The SMILES string of the molecule is CCCCc1ncc(C(=O)Nc2nn[nH]n2)n1Cc1ccc(CO)cc1. The third-order valence-corrected chi connectivity index (χ3v) is 4.04. The van der Waals surface area contributed by atoms with Crippen LogP contribution in [0.25, 0.3) is 0 Å². The number of carbonyl (C=O) groups is 1. The fraction of sp³-hybridized carbons (Fsp3) is 0.353. The van der Waals surface area contributed by atoms with Crippen molar-refractivity contribution in [1.29, 1.82) is 0 Å². The normalized spacial score (nSPS) is 10.8. The lowest BCUT2D eigenvalue weighted by atomic mass is 10.1. The molecule has 9 nitrogen and oxygen atoms in total. The van der Waals surface area contributed by atoms with Crippen molar-refractivity contribution in [2.24, 2.45) is 0 Å². The number of nitrogens with one attached hydrogen (secondary N) is 2. The molecule has 3 aromatic rings. The Morgan fingerprint density at radius 2 is 2.04 bits per heavy atom. The summed E-state index contributed by atoms with van der Waals surface area (Å²) in [7, 11) is 0. The molecule has 9 heteroatoms. The molecule has 0 aliphatic rings. The zero-order chi connectivity index (χ0) is 18.4. The van der Waals surface area contributed by atoms with Gasteiger partial charge in [-0.2, -0.15) is 5.21 Å². The van der Waals surface area contributed by atoms with Crippen LogP contribution in [0.15, 0.2) is 30.5 Å². The maximum Gasteiger partial charge on any atom is 0.276 e. The van der Waals surface area contributed by atoms with Gasteiger partial charge in [0.1, 0.15) is 11.5 Å². The van der Waals surface area contributed by atoms with Gasteiger partial charge in [-0.05, 0) is 22.8 Å². The van der Waals surface area contributed by atoms with Crippen LogP contribution in [0.3, 0.4) is 0 Å². The second-order valence-electron chi connectivity index (χ2n) is 5.91. The molecule has 0 atom stereocenters. The highest BCUT2D eigenvalue weighted by Gasteiger charge is 2.18. The predicted molar refractivity (Wildman–Crippen MR) is 94.4 cm³/mol. The second kappa shape index (κ2) is 8.34. The van der Waals surface area contributed by atoms with E-state index in [1.165, 1.54) is 0 Å². The summed E-state index contributed by atoms with van der Waals surface area (Å²) < 4.78 is 1.90. The third-order valence-electron chi connectivity index (χ3n) is 4.04. The first-order chi connectivity index (χ1) is 12.7. The third kappa shape index (κ3) is 4.12. The Bertz CT molecular complexity index is 841. The van der Waals surface area contributed by atoms with Gasteiger partial charge in [-0.1, -0.05) is 42.7 Å². The number of unbranched alkanes of at least 4 members (excludes halogenated alkanes) is 1. The largest absolute Gasteiger partial charge is 0.392 e. The van der Waals surface area contributed by atoms with E-state index >= 15 is 0 Å². The van der Waals surface area contributed by atoms with Gasteiger partial charge < -0.3 is 9.67 Å². The van der Waals surface area contributed by atoms with Crippen LogP contribution in [0.5, 0.6) is 0 Å². The first kappa shape index (κ1) is 17.7. The minimum absolute atomic E-state index is 0.00542. The highest BCUT2D eigenvalue weighted by atomic mass is 16.3. The molecule has 0 aliphatic carbocycles. The number of rotatable bonds is 8. The van der Waals surface area contributed by atoms with Crippen LogP contribution < -0.4 is 5.32 Å². The Kier molecular flexibility index (Phi) is 5.69. The molecule has 1 aromatic carbocycles. The molecular formula is C17H21N7O2. The molecule has 2 aromatic heterocycles. The van der Waals surface area contributed by atoms with Crippen LogP contribution in [0.1, 0.15) is 47.2 Å². The van der Waals surface area contributed by atoms with Crippen molar-refractivity contribution in [2.75, 3.05) is 5.32 Å². The molecule has 2 heterocycles. The number of aromatic amines is 1. The van der Waals surface area contributed by atoms with E-state index in [1.54, 1.807) is 6.20 Å². The second-order valence-corrected chi connectivity index (χ2v) is 5.91. The summed E-state index contributed by atoms with van der Waals surface area (Å²) >= 11 is 0. The Balaban J connectivity index is 1.86. The quantitative estimate of drug-likeness (QED) is 0.563. The number of aliphatic hydroxyl groups excluding tert-OH is 1. The summed E-state index contributed by atoms with van der Waals surface area (Å²) in [6, 6.07) is 7.63. The smallest absolute Gasteiger partial charge is 0.276 e. The number of amides is 1. The standard InChI is InChI=1S/C17H21N7O2/c1-2-3-4-15-18-9-14(16(26)19-17-20-22-23-21-17)24(15)10-12-5-7-13(11-25)8-6-12/h5-9,25H,2-4,10-11H2,1H3,(H2,19,20,21,22,23,26). The van der Waals surface area contributed by atoms with E-state index in [2.05, 4.69) is 37.8 Å². The fourth-order valence-corrected chi connectivity index (χ4v) is 2.62. The zero-order valence-electron chi connectivity index (χ0n) is 14.5. The number of benzene rings is 1. The molecule has 0 radical (unpaired) electrons. The Morgan fingerprint density at radius 1 is 1.27 bits per heavy atom. The van der Waals surface area contributed by atoms with Crippen LogP contribution in [0.2, 0.25) is 0 Å². The highest BCUT2D eigenvalue weighted by molar-refractivity contribution is 6.02. The molecule has 26 heavy (non-hydrogen) atoms. The van der Waals surface area contributed by atoms with Crippen molar-refractivity contribution in [3.63, 3.8) is 0 Å². The van der Waals surface area contributed by atoms with E-state index in [1.807, 2.05) is 28.8 Å². The number of H-pyrrole nitrogens is 1. The summed E-state index contributed by atoms with van der Waals surface area (Å²) in [6.07, 6.45) is 4.40. The van der Waals surface area contributed by atoms with Crippen LogP contribution in [0, 0.1) is 0 Å². The van der Waals surface area contributed by atoms with Gasteiger partial charge in [-0.3, -0.25) is 10.1 Å². The summed E-state index contributed by atoms with van der Waals surface area (Å²) in [4.78, 5) is 17.0. The minimum atomic E-state index is -0.339. The summed E-state index contributed by atoms with van der Waals surface area (Å²) in [5.41, 5.74) is 2.30. The molecule has 0 aliphatic heterocycles. The molecule has 1 amide bonds. The van der Waals surface area contributed by atoms with Crippen molar-refractivity contribution in [1.82, 2.24) is 30.2 Å². The molecule has 0 saturated heterocycles. The first-order valence-corrected chi connectivity index (χ1v) is 8.49. The fourth-order valence-electron chi connectivity index (χ4n) is 2.62. The number of aryl methyl sites for hydroxylation is 1. The van der Waals surface area contributed by atoms with Gasteiger partial charge >= 0.3 is 0 Å². The number of carbonyl (C=O) groups excluding carboxylic acids is 1. The molecule has 136 valence electrons. The lowest BCUT2D eigenvalue weighted by Gasteiger charge is -2.12. The number of hydrogen-bond donors (Lipinski definition) is 3. The number of aromatic nitrogens is 6. The van der Waals surface area contributed by atoms with Crippen LogP contribution in [-0.2, 0) is 19.6 Å². The van der Waals surface area contributed by atoms with E-state index in [4.69, 9.17) is 0 Å². The van der Waals surface area contributed by atoms with E-state index in [0.29, 0.717) is 12.2 Å². The molecule has 0 bridgehead atoms. The van der Waals surface area contributed by atoms with Crippen LogP contribution >= 0.6 is 0 Å². The van der Waals surface area contributed by atoms with Gasteiger partial charge in [0.05, 0.1) is 12.8 Å². The average molecular weight is 355 g/mol. The van der Waals surface area contributed by atoms with Gasteiger partial charge in [0.25, 0.3) is 11.9 Å². The van der Waals surface area contributed by atoms with Gasteiger partial charge in [0.2, 0.25) is 0 Å². The molecule has 0 fully saturated rings. The van der Waals surface area contributed by atoms with E-state index in [9.17, 15) is 9.90 Å². The number of aliphatic hydroxyl groups is 1. The van der Waals surface area contributed by atoms with Crippen molar-refractivity contribution < 1.29 is 9.90 Å². The van der Waals surface area contributed by atoms with Crippen LogP contribution in [0.4, 0.5) is 5.95 Å². The monoisotopic (exact) mass is 355 g/mol. The zero-order valence-corrected chi connectivity index (χ0v) is 14.5. The number of tetrazole rings is 1.